The fourth-order valence-corrected chi connectivity index (χ4v) is 2.15. The highest BCUT2D eigenvalue weighted by Gasteiger charge is 2.11. The van der Waals surface area contributed by atoms with Crippen molar-refractivity contribution in [2.24, 2.45) is 5.84 Å². The number of nitrogen functional groups attached to an aromatic ring is 1. The lowest BCUT2D eigenvalue weighted by atomic mass is 10.1. The van der Waals surface area contributed by atoms with E-state index in [1.165, 1.54) is 17.5 Å². The smallest absolute Gasteiger partial charge is 0.148 e. The number of anilines is 3. The molecule has 1 aromatic heterocycles. The highest BCUT2D eigenvalue weighted by Crippen LogP contribution is 2.27. The van der Waals surface area contributed by atoms with Crippen LogP contribution in [-0.2, 0) is 6.42 Å². The van der Waals surface area contributed by atoms with Crippen molar-refractivity contribution in [2.75, 3.05) is 10.7 Å². The number of rotatable bonds is 5. The summed E-state index contributed by atoms with van der Waals surface area (Å²) in [6, 6.07) is 6.18. The van der Waals surface area contributed by atoms with E-state index in [4.69, 9.17) is 5.84 Å². The van der Waals surface area contributed by atoms with E-state index in [-0.39, 0.29) is 0 Å². The Hall–Kier alpha value is -2.14. The minimum Gasteiger partial charge on any atom is -0.340 e. The van der Waals surface area contributed by atoms with Crippen molar-refractivity contribution in [2.45, 2.75) is 33.6 Å². The van der Waals surface area contributed by atoms with Gasteiger partial charge in [-0.1, -0.05) is 25.5 Å². The molecule has 0 spiro atoms. The molecule has 5 nitrogen and oxygen atoms in total. The molecule has 0 aliphatic carbocycles. The Bertz CT molecular complexity index is 595. The number of benzene rings is 1. The van der Waals surface area contributed by atoms with Crippen LogP contribution >= 0.6 is 0 Å². The van der Waals surface area contributed by atoms with Gasteiger partial charge in [0.05, 0.1) is 0 Å². The van der Waals surface area contributed by atoms with Crippen LogP contribution in [0.5, 0.6) is 0 Å². The van der Waals surface area contributed by atoms with E-state index in [1.54, 1.807) is 0 Å². The van der Waals surface area contributed by atoms with Crippen LogP contribution < -0.4 is 16.6 Å². The molecule has 0 saturated heterocycles. The van der Waals surface area contributed by atoms with Crippen LogP contribution in [-0.4, -0.2) is 9.97 Å². The van der Waals surface area contributed by atoms with Gasteiger partial charge in [-0.15, -0.1) is 0 Å². The van der Waals surface area contributed by atoms with Crippen LogP contribution in [0, 0.1) is 13.8 Å². The van der Waals surface area contributed by atoms with Gasteiger partial charge in [-0.2, -0.15) is 0 Å². The Kier molecular flexibility index (Phi) is 4.53. The highest BCUT2D eigenvalue weighted by molar-refractivity contribution is 5.67. The van der Waals surface area contributed by atoms with Crippen molar-refractivity contribution < 1.29 is 0 Å². The largest absolute Gasteiger partial charge is 0.340 e. The first-order chi connectivity index (χ1) is 9.67. The number of hydrazine groups is 1. The highest BCUT2D eigenvalue weighted by atomic mass is 15.3. The van der Waals surface area contributed by atoms with Crippen LogP contribution in [0.2, 0.25) is 0 Å². The summed E-state index contributed by atoms with van der Waals surface area (Å²) >= 11 is 0. The van der Waals surface area contributed by atoms with Gasteiger partial charge in [0.15, 0.2) is 0 Å². The quantitative estimate of drug-likeness (QED) is 0.575. The topological polar surface area (TPSA) is 75.9 Å². The number of nitrogens with two attached hydrogens (primary N) is 1. The molecule has 0 bridgehead atoms. The van der Waals surface area contributed by atoms with Crippen molar-refractivity contribution in [3.05, 3.63) is 41.2 Å². The number of hydrogen-bond acceptors (Lipinski definition) is 5. The standard InChI is InChI=1S/C15H21N5/c1-4-6-12-14(17-9-18-15(12)20-16)19-13-8-5-7-10(2)11(13)3/h5,7-9H,4,6,16H2,1-3H3,(H2,17,18,19,20). The van der Waals surface area contributed by atoms with E-state index in [1.807, 2.05) is 6.07 Å². The van der Waals surface area contributed by atoms with Gasteiger partial charge in [-0.05, 0) is 37.5 Å². The van der Waals surface area contributed by atoms with Crippen molar-refractivity contribution in [3.63, 3.8) is 0 Å². The Morgan fingerprint density at radius 1 is 1.15 bits per heavy atom. The molecule has 1 heterocycles. The molecule has 106 valence electrons. The summed E-state index contributed by atoms with van der Waals surface area (Å²) in [4.78, 5) is 8.53. The number of aryl methyl sites for hydroxylation is 1. The summed E-state index contributed by atoms with van der Waals surface area (Å²) in [5, 5.41) is 3.39. The third-order valence-corrected chi connectivity index (χ3v) is 3.44. The van der Waals surface area contributed by atoms with Gasteiger partial charge in [0.1, 0.15) is 18.0 Å². The summed E-state index contributed by atoms with van der Waals surface area (Å²) in [5.41, 5.74) is 7.18. The monoisotopic (exact) mass is 271 g/mol. The second kappa shape index (κ2) is 6.34. The second-order valence-corrected chi connectivity index (χ2v) is 4.82. The predicted octanol–water partition coefficient (Wildman–Crippen LogP) is 3.08. The van der Waals surface area contributed by atoms with E-state index in [2.05, 4.69) is 53.6 Å². The van der Waals surface area contributed by atoms with Gasteiger partial charge < -0.3 is 10.7 Å². The summed E-state index contributed by atoms with van der Waals surface area (Å²) in [5.74, 6) is 7.01. The lowest BCUT2D eigenvalue weighted by molar-refractivity contribution is 0.903. The molecule has 0 fully saturated rings. The Labute approximate surface area is 119 Å². The van der Waals surface area contributed by atoms with Gasteiger partial charge in [-0.25, -0.2) is 15.8 Å². The molecule has 0 saturated carbocycles. The first-order valence-corrected chi connectivity index (χ1v) is 6.81. The zero-order chi connectivity index (χ0) is 14.5. The van der Waals surface area contributed by atoms with E-state index in [9.17, 15) is 0 Å². The van der Waals surface area contributed by atoms with Gasteiger partial charge in [0, 0.05) is 11.3 Å². The van der Waals surface area contributed by atoms with E-state index in [0.29, 0.717) is 5.82 Å². The molecule has 0 atom stereocenters. The first-order valence-electron chi connectivity index (χ1n) is 6.81. The lowest BCUT2D eigenvalue weighted by Gasteiger charge is -2.15. The van der Waals surface area contributed by atoms with Crippen molar-refractivity contribution in [3.8, 4) is 0 Å². The maximum absolute atomic E-state index is 5.53. The minimum absolute atomic E-state index is 0.676. The number of hydrogen-bond donors (Lipinski definition) is 3. The molecule has 4 N–H and O–H groups in total. The number of aromatic nitrogens is 2. The minimum atomic E-state index is 0.676. The van der Waals surface area contributed by atoms with Crippen LogP contribution in [0.3, 0.4) is 0 Å². The molecular weight excluding hydrogens is 250 g/mol. The second-order valence-electron chi connectivity index (χ2n) is 4.82. The maximum atomic E-state index is 5.53. The summed E-state index contributed by atoms with van der Waals surface area (Å²) in [6.45, 7) is 6.32. The zero-order valence-electron chi connectivity index (χ0n) is 12.2. The molecular formula is C15H21N5. The third kappa shape index (κ3) is 2.88. The first kappa shape index (κ1) is 14.3. The molecule has 2 aromatic rings. The van der Waals surface area contributed by atoms with Gasteiger partial charge in [0.2, 0.25) is 0 Å². The van der Waals surface area contributed by atoms with Crippen molar-refractivity contribution in [1.29, 1.82) is 0 Å². The van der Waals surface area contributed by atoms with Crippen LogP contribution in [0.1, 0.15) is 30.0 Å². The fourth-order valence-electron chi connectivity index (χ4n) is 2.15. The molecule has 0 radical (unpaired) electrons. The van der Waals surface area contributed by atoms with Crippen LogP contribution in [0.25, 0.3) is 0 Å². The Balaban J connectivity index is 2.40. The number of nitrogens with one attached hydrogen (secondary N) is 2. The molecule has 0 aliphatic heterocycles. The third-order valence-electron chi connectivity index (χ3n) is 3.44. The summed E-state index contributed by atoms with van der Waals surface area (Å²) in [7, 11) is 0. The molecule has 2 rings (SSSR count). The fraction of sp³-hybridized carbons (Fsp3) is 0.333. The molecule has 5 heteroatoms. The van der Waals surface area contributed by atoms with Crippen LogP contribution in [0.15, 0.2) is 24.5 Å². The van der Waals surface area contributed by atoms with Gasteiger partial charge >= 0.3 is 0 Å². The maximum Gasteiger partial charge on any atom is 0.148 e. The van der Waals surface area contributed by atoms with Gasteiger partial charge in [0.25, 0.3) is 0 Å². The van der Waals surface area contributed by atoms with E-state index >= 15 is 0 Å². The average molecular weight is 271 g/mol. The van der Waals surface area contributed by atoms with Gasteiger partial charge in [-0.3, -0.25) is 0 Å². The number of nitrogens with zero attached hydrogens (tertiary/aromatic N) is 2. The van der Waals surface area contributed by atoms with Crippen LogP contribution in [0.4, 0.5) is 17.3 Å². The van der Waals surface area contributed by atoms with E-state index in [0.717, 1.165) is 29.9 Å². The summed E-state index contributed by atoms with van der Waals surface area (Å²) < 4.78 is 0. The molecule has 0 aliphatic rings. The molecule has 0 unspecified atom stereocenters. The zero-order valence-corrected chi connectivity index (χ0v) is 12.2. The van der Waals surface area contributed by atoms with Crippen molar-refractivity contribution in [1.82, 2.24) is 9.97 Å². The molecule has 0 amide bonds. The van der Waals surface area contributed by atoms with Crippen molar-refractivity contribution >= 4 is 17.3 Å². The van der Waals surface area contributed by atoms with E-state index < -0.39 is 0 Å². The lowest BCUT2D eigenvalue weighted by Crippen LogP contribution is -2.13. The Morgan fingerprint density at radius 2 is 1.90 bits per heavy atom. The molecule has 20 heavy (non-hydrogen) atoms. The average Bonchev–Trinajstić information content (AvgIpc) is 2.46. The SMILES string of the molecule is CCCc1c(NN)ncnc1Nc1cccc(C)c1C. The Morgan fingerprint density at radius 3 is 2.60 bits per heavy atom. The summed E-state index contributed by atoms with van der Waals surface area (Å²) in [6.07, 6.45) is 3.39. The predicted molar refractivity (Wildman–Crippen MR) is 83.0 cm³/mol. The molecule has 1 aromatic carbocycles. The normalized spacial score (nSPS) is 10.4.